The number of methoxy groups -OCH3 is 2. The molecule has 0 aliphatic rings. The van der Waals surface area contributed by atoms with Crippen LogP contribution < -0.4 is 15.1 Å². The van der Waals surface area contributed by atoms with Crippen molar-refractivity contribution in [3.8, 4) is 5.75 Å². The Kier molecular flexibility index (Phi) is 7.56. The number of hydrogen-bond acceptors (Lipinski definition) is 8. The van der Waals surface area contributed by atoms with Crippen LogP contribution >= 0.6 is 11.3 Å². The molecule has 166 valence electrons. The Morgan fingerprint density at radius 1 is 1.00 bits per heavy atom. The molecule has 0 N–H and O–H groups in total. The van der Waals surface area contributed by atoms with Crippen LogP contribution in [0.4, 0.5) is 5.69 Å². The first-order valence-corrected chi connectivity index (χ1v) is 10.5. The van der Waals surface area contributed by atoms with Crippen LogP contribution in [0, 0.1) is 0 Å². The molecule has 1 heterocycles. The summed E-state index contributed by atoms with van der Waals surface area (Å²) in [7, 11) is 2.83. The molecule has 32 heavy (non-hydrogen) atoms. The van der Waals surface area contributed by atoms with Crippen LogP contribution in [0.25, 0.3) is 0 Å². The van der Waals surface area contributed by atoms with Crippen LogP contribution in [0.5, 0.6) is 5.75 Å². The zero-order valence-electron chi connectivity index (χ0n) is 17.9. The predicted molar refractivity (Wildman–Crippen MR) is 120 cm³/mol. The molecule has 0 fully saturated rings. The summed E-state index contributed by atoms with van der Waals surface area (Å²) in [6, 6.07) is 15.0. The third kappa shape index (κ3) is 5.50. The van der Waals surface area contributed by atoms with E-state index < -0.39 is 11.9 Å². The van der Waals surface area contributed by atoms with Gasteiger partial charge in [0.15, 0.2) is 4.80 Å². The van der Waals surface area contributed by atoms with Crippen molar-refractivity contribution >= 4 is 29.0 Å². The summed E-state index contributed by atoms with van der Waals surface area (Å²) >= 11 is 1.04. The van der Waals surface area contributed by atoms with Crippen molar-refractivity contribution in [3.63, 3.8) is 0 Å². The minimum absolute atomic E-state index is 0.144. The summed E-state index contributed by atoms with van der Waals surface area (Å²) in [6.07, 6.45) is 0. The summed E-state index contributed by atoms with van der Waals surface area (Å²) in [6.45, 7) is 2.27. The first-order valence-electron chi connectivity index (χ1n) is 9.73. The van der Waals surface area contributed by atoms with Gasteiger partial charge < -0.3 is 14.2 Å². The molecule has 0 spiro atoms. The highest BCUT2D eigenvalue weighted by atomic mass is 32.1. The lowest BCUT2D eigenvalue weighted by molar-refractivity contribution is 0.0525. The zero-order valence-corrected chi connectivity index (χ0v) is 18.7. The SMILES string of the molecule is CCOC(=O)c1ccc(N=c2sc(C(=O)OC)cc(=O)n2Cc2ccc(OC)cc2)cc1. The molecule has 0 saturated heterocycles. The average Bonchev–Trinajstić information content (AvgIpc) is 2.81. The maximum atomic E-state index is 12.8. The average molecular weight is 455 g/mol. The van der Waals surface area contributed by atoms with Crippen LogP contribution in [-0.2, 0) is 16.0 Å². The quantitative estimate of drug-likeness (QED) is 0.509. The number of ether oxygens (including phenoxy) is 3. The molecule has 0 aliphatic carbocycles. The molecule has 0 aliphatic heterocycles. The number of benzene rings is 2. The molecule has 0 atom stereocenters. The van der Waals surface area contributed by atoms with Crippen molar-refractivity contribution in [2.45, 2.75) is 13.5 Å². The van der Waals surface area contributed by atoms with E-state index in [1.807, 2.05) is 12.1 Å². The van der Waals surface area contributed by atoms with Crippen molar-refractivity contribution in [1.82, 2.24) is 4.57 Å². The fraction of sp³-hybridized carbons (Fsp3) is 0.217. The smallest absolute Gasteiger partial charge is 0.348 e. The molecule has 3 rings (SSSR count). The van der Waals surface area contributed by atoms with Gasteiger partial charge in [0.2, 0.25) is 0 Å². The van der Waals surface area contributed by atoms with Gasteiger partial charge in [-0.3, -0.25) is 9.36 Å². The van der Waals surface area contributed by atoms with Gasteiger partial charge in [-0.15, -0.1) is 0 Å². The third-order valence-electron chi connectivity index (χ3n) is 4.44. The van der Waals surface area contributed by atoms with Crippen LogP contribution in [0.1, 0.15) is 32.5 Å². The highest BCUT2D eigenvalue weighted by Crippen LogP contribution is 2.15. The summed E-state index contributed by atoms with van der Waals surface area (Å²) in [5.74, 6) is -0.333. The van der Waals surface area contributed by atoms with Gasteiger partial charge in [0.25, 0.3) is 5.56 Å². The largest absolute Gasteiger partial charge is 0.497 e. The monoisotopic (exact) mass is 454 g/mol. The van der Waals surface area contributed by atoms with E-state index in [0.717, 1.165) is 16.9 Å². The second-order valence-corrected chi connectivity index (χ2v) is 7.55. The van der Waals surface area contributed by atoms with Crippen LogP contribution in [0.2, 0.25) is 0 Å². The van der Waals surface area contributed by atoms with E-state index in [4.69, 9.17) is 14.2 Å². The van der Waals surface area contributed by atoms with Crippen molar-refractivity contribution < 1.29 is 23.8 Å². The summed E-state index contributed by atoms with van der Waals surface area (Å²) in [4.78, 5) is 41.7. The third-order valence-corrected chi connectivity index (χ3v) is 5.44. The molecule has 2 aromatic carbocycles. The molecule has 0 radical (unpaired) electrons. The second kappa shape index (κ2) is 10.5. The Hall–Kier alpha value is -3.72. The predicted octanol–water partition coefficient (Wildman–Crippen LogP) is 3.16. The van der Waals surface area contributed by atoms with E-state index in [2.05, 4.69) is 4.99 Å². The van der Waals surface area contributed by atoms with Crippen molar-refractivity contribution in [2.75, 3.05) is 20.8 Å². The maximum absolute atomic E-state index is 12.8. The van der Waals surface area contributed by atoms with Crippen LogP contribution in [0.3, 0.4) is 0 Å². The molecular formula is C23H22N2O6S. The van der Waals surface area contributed by atoms with Gasteiger partial charge in [0.05, 0.1) is 38.6 Å². The Morgan fingerprint density at radius 3 is 2.28 bits per heavy atom. The lowest BCUT2D eigenvalue weighted by atomic mass is 10.2. The van der Waals surface area contributed by atoms with E-state index in [1.54, 1.807) is 50.4 Å². The Balaban J connectivity index is 2.06. The standard InChI is InChI=1S/C23H22N2O6S/c1-4-31-21(27)16-7-9-17(10-8-16)24-23-25(14-15-5-11-18(29-2)12-6-15)20(26)13-19(32-23)22(28)30-3/h5-13H,4,14H2,1-3H3. The van der Waals surface area contributed by atoms with Gasteiger partial charge in [-0.05, 0) is 48.9 Å². The fourth-order valence-electron chi connectivity index (χ4n) is 2.81. The minimum Gasteiger partial charge on any atom is -0.497 e. The molecular weight excluding hydrogens is 432 g/mol. The normalized spacial score (nSPS) is 11.2. The molecule has 8 nitrogen and oxygen atoms in total. The summed E-state index contributed by atoms with van der Waals surface area (Å²) in [5, 5.41) is 0. The molecule has 0 bridgehead atoms. The molecule has 0 amide bonds. The highest BCUT2D eigenvalue weighted by molar-refractivity contribution is 7.11. The van der Waals surface area contributed by atoms with Gasteiger partial charge in [0.1, 0.15) is 10.6 Å². The number of esters is 2. The molecule has 0 unspecified atom stereocenters. The van der Waals surface area contributed by atoms with Crippen LogP contribution in [-0.4, -0.2) is 37.3 Å². The molecule has 9 heteroatoms. The Morgan fingerprint density at radius 2 is 1.69 bits per heavy atom. The first kappa shape index (κ1) is 23.0. The van der Waals surface area contributed by atoms with Crippen molar-refractivity contribution in [3.05, 3.63) is 85.8 Å². The van der Waals surface area contributed by atoms with E-state index >= 15 is 0 Å². The van der Waals surface area contributed by atoms with E-state index in [-0.39, 0.29) is 23.6 Å². The summed E-state index contributed by atoms with van der Waals surface area (Å²) in [5.41, 5.74) is 1.38. The zero-order chi connectivity index (χ0) is 23.1. The Bertz CT molecular complexity index is 1230. The number of rotatable bonds is 7. The van der Waals surface area contributed by atoms with E-state index in [0.29, 0.717) is 21.8 Å². The lowest BCUT2D eigenvalue weighted by Crippen LogP contribution is -2.33. The number of carbonyl (C=O) groups excluding carboxylic acids is 2. The van der Waals surface area contributed by atoms with E-state index in [9.17, 15) is 14.4 Å². The minimum atomic E-state index is -0.613. The number of carbonyl (C=O) groups is 2. The number of nitrogens with zero attached hydrogens (tertiary/aromatic N) is 2. The van der Waals surface area contributed by atoms with E-state index in [1.165, 1.54) is 17.7 Å². The van der Waals surface area contributed by atoms with Gasteiger partial charge in [-0.25, -0.2) is 14.6 Å². The van der Waals surface area contributed by atoms with Crippen LogP contribution in [0.15, 0.2) is 64.4 Å². The lowest BCUT2D eigenvalue weighted by Gasteiger charge is -2.09. The second-order valence-electron chi connectivity index (χ2n) is 6.54. The topological polar surface area (TPSA) is 96.2 Å². The van der Waals surface area contributed by atoms with Gasteiger partial charge >= 0.3 is 11.9 Å². The molecule has 0 saturated carbocycles. The first-order chi connectivity index (χ1) is 15.4. The van der Waals surface area contributed by atoms with Gasteiger partial charge in [0, 0.05) is 6.07 Å². The number of hydrogen-bond donors (Lipinski definition) is 0. The maximum Gasteiger partial charge on any atom is 0.348 e. The molecule has 1 aromatic heterocycles. The van der Waals surface area contributed by atoms with Crippen molar-refractivity contribution in [1.29, 1.82) is 0 Å². The molecule has 3 aromatic rings. The van der Waals surface area contributed by atoms with Crippen molar-refractivity contribution in [2.24, 2.45) is 4.99 Å². The highest BCUT2D eigenvalue weighted by Gasteiger charge is 2.12. The number of aromatic nitrogens is 1. The van der Waals surface area contributed by atoms with Gasteiger partial charge in [-0.1, -0.05) is 23.5 Å². The Labute approximate surface area is 188 Å². The fourth-order valence-corrected chi connectivity index (χ4v) is 3.75. The van der Waals surface area contributed by atoms with Gasteiger partial charge in [-0.2, -0.15) is 0 Å². The summed E-state index contributed by atoms with van der Waals surface area (Å²) < 4.78 is 16.4.